The zero-order valence-corrected chi connectivity index (χ0v) is 18.2. The number of ether oxygens (including phenoxy) is 4. The Balaban J connectivity index is 1.84. The van der Waals surface area contributed by atoms with Crippen molar-refractivity contribution in [1.29, 1.82) is 0 Å². The largest absolute Gasteiger partial charge is 0.493 e. The predicted molar refractivity (Wildman–Crippen MR) is 117 cm³/mol. The predicted octanol–water partition coefficient (Wildman–Crippen LogP) is 4.80. The van der Waals surface area contributed by atoms with E-state index in [4.69, 9.17) is 18.9 Å². The van der Waals surface area contributed by atoms with Gasteiger partial charge >= 0.3 is 0 Å². The van der Waals surface area contributed by atoms with Gasteiger partial charge in [0.25, 0.3) is 0 Å². The highest BCUT2D eigenvalue weighted by Gasteiger charge is 2.14. The lowest BCUT2D eigenvalue weighted by Gasteiger charge is -2.15. The Morgan fingerprint density at radius 3 is 2.29 bits per heavy atom. The van der Waals surface area contributed by atoms with Gasteiger partial charge in [0.15, 0.2) is 23.1 Å². The molecule has 0 amide bonds. The second-order valence-corrected chi connectivity index (χ2v) is 6.61. The van der Waals surface area contributed by atoms with Crippen LogP contribution in [-0.2, 0) is 6.42 Å². The van der Waals surface area contributed by atoms with Gasteiger partial charge in [-0.15, -0.1) is 0 Å². The molecule has 0 radical (unpaired) electrons. The summed E-state index contributed by atoms with van der Waals surface area (Å²) in [5.41, 5.74) is 2.29. The molecule has 31 heavy (non-hydrogen) atoms. The van der Waals surface area contributed by atoms with Crippen LogP contribution in [0.5, 0.6) is 28.9 Å². The number of carbonyl (C=O) groups is 1. The highest BCUT2D eigenvalue weighted by molar-refractivity contribution is 5.95. The van der Waals surface area contributed by atoms with E-state index in [2.05, 4.69) is 15.3 Å². The fourth-order valence-electron chi connectivity index (χ4n) is 3.15. The molecule has 162 valence electrons. The molecule has 3 rings (SSSR count). The van der Waals surface area contributed by atoms with Crippen LogP contribution in [0.1, 0.15) is 29.8 Å². The molecule has 0 spiro atoms. The summed E-state index contributed by atoms with van der Waals surface area (Å²) in [6.07, 6.45) is 3.82. The normalized spacial score (nSPS) is 10.4. The highest BCUT2D eigenvalue weighted by atomic mass is 16.5. The van der Waals surface area contributed by atoms with Crippen LogP contribution in [0.25, 0.3) is 0 Å². The number of methoxy groups -OCH3 is 3. The average Bonchev–Trinajstić information content (AvgIpc) is 2.78. The Kier molecular flexibility index (Phi) is 6.92. The molecule has 1 aromatic heterocycles. The average molecular weight is 423 g/mol. The van der Waals surface area contributed by atoms with E-state index in [9.17, 15) is 4.79 Å². The summed E-state index contributed by atoms with van der Waals surface area (Å²) in [4.78, 5) is 20.4. The summed E-state index contributed by atoms with van der Waals surface area (Å²) in [5, 5.41) is 3.16. The van der Waals surface area contributed by atoms with Crippen molar-refractivity contribution < 1.29 is 23.7 Å². The number of Topliss-reactive ketones (excluding diaryl/α,β-unsaturated/α-hetero) is 1. The Morgan fingerprint density at radius 2 is 1.71 bits per heavy atom. The van der Waals surface area contributed by atoms with Crippen LogP contribution in [0.4, 0.5) is 11.5 Å². The zero-order valence-electron chi connectivity index (χ0n) is 18.2. The molecule has 8 heteroatoms. The van der Waals surface area contributed by atoms with Gasteiger partial charge < -0.3 is 24.3 Å². The van der Waals surface area contributed by atoms with E-state index in [1.54, 1.807) is 58.7 Å². The van der Waals surface area contributed by atoms with E-state index in [0.717, 1.165) is 12.0 Å². The molecule has 0 unspecified atom stereocenters. The van der Waals surface area contributed by atoms with Gasteiger partial charge in [0.2, 0.25) is 11.6 Å². The number of hydrogen-bond acceptors (Lipinski definition) is 8. The Labute approximate surface area is 181 Å². The quantitative estimate of drug-likeness (QED) is 0.491. The van der Waals surface area contributed by atoms with Crippen LogP contribution in [0, 0.1) is 0 Å². The summed E-state index contributed by atoms with van der Waals surface area (Å²) in [5.74, 6) is 2.93. The van der Waals surface area contributed by atoms with Crippen molar-refractivity contribution in [2.45, 2.75) is 20.3 Å². The number of aromatic nitrogens is 2. The minimum Gasteiger partial charge on any atom is -0.493 e. The molecule has 3 aromatic rings. The summed E-state index contributed by atoms with van der Waals surface area (Å²) >= 11 is 0. The number of anilines is 2. The van der Waals surface area contributed by atoms with Crippen LogP contribution in [-0.4, -0.2) is 37.1 Å². The monoisotopic (exact) mass is 423 g/mol. The van der Waals surface area contributed by atoms with Crippen LogP contribution in [0.15, 0.2) is 42.7 Å². The molecule has 0 fully saturated rings. The Bertz CT molecular complexity index is 1060. The van der Waals surface area contributed by atoms with Crippen molar-refractivity contribution in [2.75, 3.05) is 26.6 Å². The number of aryl methyl sites for hydroxylation is 1. The van der Waals surface area contributed by atoms with Gasteiger partial charge in [-0.05, 0) is 37.1 Å². The van der Waals surface area contributed by atoms with Crippen molar-refractivity contribution in [3.05, 3.63) is 53.9 Å². The molecule has 8 nitrogen and oxygen atoms in total. The molecule has 1 N–H and O–H groups in total. The van der Waals surface area contributed by atoms with Gasteiger partial charge in [0, 0.05) is 23.4 Å². The van der Waals surface area contributed by atoms with Gasteiger partial charge in [0.1, 0.15) is 5.75 Å². The van der Waals surface area contributed by atoms with E-state index in [1.165, 1.54) is 6.20 Å². The summed E-state index contributed by atoms with van der Waals surface area (Å²) in [6, 6.07) is 8.89. The minimum atomic E-state index is 0.0275. The van der Waals surface area contributed by atoms with Crippen molar-refractivity contribution in [3.8, 4) is 28.9 Å². The smallest absolute Gasteiger partial charge is 0.239 e. The summed E-state index contributed by atoms with van der Waals surface area (Å²) < 4.78 is 22.0. The van der Waals surface area contributed by atoms with Crippen LogP contribution in [0.2, 0.25) is 0 Å². The molecule has 0 saturated carbocycles. The van der Waals surface area contributed by atoms with E-state index < -0.39 is 0 Å². The van der Waals surface area contributed by atoms with Gasteiger partial charge in [-0.2, -0.15) is 4.98 Å². The number of nitrogens with zero attached hydrogens (tertiary/aromatic N) is 2. The molecule has 0 saturated heterocycles. The first-order valence-corrected chi connectivity index (χ1v) is 9.69. The van der Waals surface area contributed by atoms with Crippen LogP contribution < -0.4 is 24.3 Å². The van der Waals surface area contributed by atoms with Crippen molar-refractivity contribution in [2.24, 2.45) is 0 Å². The molecule has 1 heterocycles. The van der Waals surface area contributed by atoms with E-state index in [1.807, 2.05) is 13.0 Å². The fraction of sp³-hybridized carbons (Fsp3) is 0.261. The Morgan fingerprint density at radius 1 is 1.00 bits per heavy atom. The Hall–Kier alpha value is -3.81. The number of ketones is 1. The van der Waals surface area contributed by atoms with E-state index in [0.29, 0.717) is 45.9 Å². The minimum absolute atomic E-state index is 0.0275. The van der Waals surface area contributed by atoms with Crippen LogP contribution >= 0.6 is 0 Å². The number of rotatable bonds is 9. The van der Waals surface area contributed by atoms with Crippen LogP contribution in [0.3, 0.4) is 0 Å². The maximum Gasteiger partial charge on any atom is 0.239 e. The fourth-order valence-corrected chi connectivity index (χ4v) is 3.15. The van der Waals surface area contributed by atoms with Crippen molar-refractivity contribution in [1.82, 2.24) is 9.97 Å². The lowest BCUT2D eigenvalue weighted by molar-refractivity contribution is 0.101. The maximum atomic E-state index is 11.7. The van der Waals surface area contributed by atoms with Gasteiger partial charge in [-0.1, -0.05) is 6.92 Å². The third kappa shape index (κ3) is 5.03. The molecule has 0 aliphatic carbocycles. The van der Waals surface area contributed by atoms with E-state index >= 15 is 0 Å². The zero-order chi connectivity index (χ0) is 22.4. The number of hydrogen-bond donors (Lipinski definition) is 1. The molecule has 0 bridgehead atoms. The topological polar surface area (TPSA) is 91.8 Å². The van der Waals surface area contributed by atoms with Gasteiger partial charge in [0.05, 0.1) is 33.7 Å². The lowest BCUT2D eigenvalue weighted by atomic mass is 10.0. The second kappa shape index (κ2) is 9.80. The molecule has 2 aromatic carbocycles. The summed E-state index contributed by atoms with van der Waals surface area (Å²) in [6.45, 7) is 3.55. The number of carbonyl (C=O) groups excluding carboxylic acids is 1. The third-order valence-corrected chi connectivity index (χ3v) is 4.61. The first-order valence-electron chi connectivity index (χ1n) is 9.69. The standard InChI is InChI=1S/C23H25N3O5/c1-6-15-9-17(7-8-18(15)14(2)27)31-22-13-24-12-21(26-22)25-16-10-19(28-3)23(30-5)20(11-16)29-4/h7-13H,6H2,1-5H3,(H,25,26). The highest BCUT2D eigenvalue weighted by Crippen LogP contribution is 2.40. The van der Waals surface area contributed by atoms with Crippen molar-refractivity contribution >= 4 is 17.3 Å². The molecule has 0 atom stereocenters. The SMILES string of the molecule is CCc1cc(Oc2cncc(Nc3cc(OC)c(OC)c(OC)c3)n2)ccc1C(C)=O. The lowest BCUT2D eigenvalue weighted by Crippen LogP contribution is -2.01. The van der Waals surface area contributed by atoms with E-state index in [-0.39, 0.29) is 5.78 Å². The number of nitrogens with one attached hydrogen (secondary N) is 1. The summed E-state index contributed by atoms with van der Waals surface area (Å²) in [7, 11) is 4.65. The molecule has 0 aliphatic rings. The first kappa shape index (κ1) is 21.9. The number of benzene rings is 2. The third-order valence-electron chi connectivity index (χ3n) is 4.61. The molecule has 0 aliphatic heterocycles. The second-order valence-electron chi connectivity index (χ2n) is 6.61. The molecular formula is C23H25N3O5. The molecular weight excluding hydrogens is 398 g/mol. The van der Waals surface area contributed by atoms with Gasteiger partial charge in [-0.3, -0.25) is 9.78 Å². The van der Waals surface area contributed by atoms with Gasteiger partial charge in [-0.25, -0.2) is 0 Å². The van der Waals surface area contributed by atoms with Crippen molar-refractivity contribution in [3.63, 3.8) is 0 Å². The maximum absolute atomic E-state index is 11.7. The first-order chi connectivity index (χ1) is 15.0.